The fourth-order valence-electron chi connectivity index (χ4n) is 1.57. The van der Waals surface area contributed by atoms with E-state index in [-0.39, 0.29) is 0 Å². The van der Waals surface area contributed by atoms with Crippen LogP contribution in [-0.4, -0.2) is 32.1 Å². The van der Waals surface area contributed by atoms with Crippen LogP contribution in [0.3, 0.4) is 0 Å². The Bertz CT molecular complexity index is 154. The summed E-state index contributed by atoms with van der Waals surface area (Å²) in [6.45, 7) is 4.58. The zero-order chi connectivity index (χ0) is 8.27. The van der Waals surface area contributed by atoms with Crippen molar-refractivity contribution in [1.82, 2.24) is 4.90 Å². The van der Waals surface area contributed by atoms with Crippen LogP contribution in [0.15, 0.2) is 11.8 Å². The number of rotatable bonds is 1. The number of ether oxygens (including phenoxy) is 1. The van der Waals surface area contributed by atoms with Gasteiger partial charge in [0.25, 0.3) is 0 Å². The molecule has 1 heterocycles. The van der Waals surface area contributed by atoms with E-state index in [1.165, 1.54) is 12.1 Å². The third kappa shape index (κ3) is 2.22. The van der Waals surface area contributed by atoms with Crippen LogP contribution in [0, 0.1) is 5.92 Å². The van der Waals surface area contributed by atoms with E-state index in [9.17, 15) is 0 Å². The lowest BCUT2D eigenvalue weighted by atomic mass is 9.95. The van der Waals surface area contributed by atoms with E-state index in [1.54, 1.807) is 7.11 Å². The second-order valence-corrected chi connectivity index (χ2v) is 3.34. The fraction of sp³-hybridized carbons (Fsp3) is 0.778. The van der Waals surface area contributed by atoms with Crippen molar-refractivity contribution in [3.8, 4) is 0 Å². The van der Waals surface area contributed by atoms with Gasteiger partial charge in [-0.05, 0) is 25.0 Å². The van der Waals surface area contributed by atoms with E-state index >= 15 is 0 Å². The number of nitrogens with zero attached hydrogens (tertiary/aromatic N) is 1. The van der Waals surface area contributed by atoms with Gasteiger partial charge in [-0.15, -0.1) is 0 Å². The molecule has 1 fully saturated rings. The van der Waals surface area contributed by atoms with Gasteiger partial charge in [-0.25, -0.2) is 0 Å². The predicted octanol–water partition coefficient (Wildman–Crippen LogP) is 1.49. The molecule has 2 heteroatoms. The molecule has 64 valence electrons. The van der Waals surface area contributed by atoms with Gasteiger partial charge >= 0.3 is 0 Å². The SMILES string of the molecule is CO/C=C1/CCN(C)CC1C. The van der Waals surface area contributed by atoms with Gasteiger partial charge in [0.05, 0.1) is 13.4 Å². The Morgan fingerprint density at radius 3 is 2.91 bits per heavy atom. The Kier molecular flexibility index (Phi) is 2.94. The van der Waals surface area contributed by atoms with E-state index < -0.39 is 0 Å². The van der Waals surface area contributed by atoms with Gasteiger partial charge in [0.1, 0.15) is 0 Å². The highest BCUT2D eigenvalue weighted by Crippen LogP contribution is 2.20. The van der Waals surface area contributed by atoms with Crippen molar-refractivity contribution in [3.05, 3.63) is 11.8 Å². The van der Waals surface area contributed by atoms with Crippen LogP contribution in [0.25, 0.3) is 0 Å². The standard InChI is InChI=1S/C9H17NO/c1-8-6-10(2)5-4-9(8)7-11-3/h7-8H,4-6H2,1-3H3/b9-7-. The number of hydrogen-bond acceptors (Lipinski definition) is 2. The summed E-state index contributed by atoms with van der Waals surface area (Å²) in [6, 6.07) is 0. The summed E-state index contributed by atoms with van der Waals surface area (Å²) in [5, 5.41) is 0. The number of methoxy groups -OCH3 is 1. The van der Waals surface area contributed by atoms with E-state index in [4.69, 9.17) is 4.74 Å². The molecule has 0 N–H and O–H groups in total. The van der Waals surface area contributed by atoms with Crippen LogP contribution in [0.5, 0.6) is 0 Å². The molecule has 0 amide bonds. The minimum absolute atomic E-state index is 0.661. The van der Waals surface area contributed by atoms with Gasteiger partial charge in [0.2, 0.25) is 0 Å². The normalized spacial score (nSPS) is 30.8. The summed E-state index contributed by atoms with van der Waals surface area (Å²) >= 11 is 0. The average molecular weight is 155 g/mol. The largest absolute Gasteiger partial charge is 0.504 e. The number of likely N-dealkylation sites (tertiary alicyclic amines) is 1. The minimum atomic E-state index is 0.661. The summed E-state index contributed by atoms with van der Waals surface area (Å²) in [5.41, 5.74) is 1.45. The molecule has 0 aromatic rings. The van der Waals surface area contributed by atoms with Crippen LogP contribution >= 0.6 is 0 Å². The van der Waals surface area contributed by atoms with Crippen molar-refractivity contribution >= 4 is 0 Å². The van der Waals surface area contributed by atoms with Crippen molar-refractivity contribution in [2.45, 2.75) is 13.3 Å². The van der Waals surface area contributed by atoms with Crippen LogP contribution in [0.4, 0.5) is 0 Å². The molecule has 1 unspecified atom stereocenters. The van der Waals surface area contributed by atoms with E-state index in [1.807, 2.05) is 6.26 Å². The molecule has 0 aromatic carbocycles. The average Bonchev–Trinajstić information content (AvgIpc) is 1.95. The van der Waals surface area contributed by atoms with Gasteiger partial charge in [-0.3, -0.25) is 0 Å². The highest BCUT2D eigenvalue weighted by Gasteiger charge is 2.17. The molecule has 1 aliphatic rings. The first-order chi connectivity index (χ1) is 5.24. The molecule has 1 aliphatic heterocycles. The van der Waals surface area contributed by atoms with Crippen molar-refractivity contribution in [2.75, 3.05) is 27.2 Å². The maximum Gasteiger partial charge on any atom is 0.0820 e. The maximum absolute atomic E-state index is 5.01. The van der Waals surface area contributed by atoms with Gasteiger partial charge in [0.15, 0.2) is 0 Å². The van der Waals surface area contributed by atoms with Crippen LogP contribution < -0.4 is 0 Å². The van der Waals surface area contributed by atoms with Crippen molar-refractivity contribution in [2.24, 2.45) is 5.92 Å². The van der Waals surface area contributed by atoms with Crippen LogP contribution in [-0.2, 0) is 4.74 Å². The Labute approximate surface area is 68.8 Å². The fourth-order valence-corrected chi connectivity index (χ4v) is 1.57. The Morgan fingerprint density at radius 1 is 1.64 bits per heavy atom. The zero-order valence-electron chi connectivity index (χ0n) is 7.63. The van der Waals surface area contributed by atoms with Crippen LogP contribution in [0.1, 0.15) is 13.3 Å². The molecule has 2 nitrogen and oxygen atoms in total. The third-order valence-corrected chi connectivity index (χ3v) is 2.27. The van der Waals surface area contributed by atoms with Gasteiger partial charge in [0, 0.05) is 13.1 Å². The summed E-state index contributed by atoms with van der Waals surface area (Å²) in [4.78, 5) is 2.36. The predicted molar refractivity (Wildman–Crippen MR) is 46.4 cm³/mol. The van der Waals surface area contributed by atoms with Crippen molar-refractivity contribution in [3.63, 3.8) is 0 Å². The van der Waals surface area contributed by atoms with Gasteiger partial charge < -0.3 is 9.64 Å². The molecule has 0 bridgehead atoms. The number of piperidine rings is 1. The zero-order valence-corrected chi connectivity index (χ0v) is 7.63. The summed E-state index contributed by atoms with van der Waals surface area (Å²) in [7, 11) is 3.89. The van der Waals surface area contributed by atoms with Crippen molar-refractivity contribution < 1.29 is 4.74 Å². The molecule has 0 radical (unpaired) electrons. The van der Waals surface area contributed by atoms with E-state index in [2.05, 4.69) is 18.9 Å². The summed E-state index contributed by atoms with van der Waals surface area (Å²) in [5.74, 6) is 0.661. The highest BCUT2D eigenvalue weighted by molar-refractivity contribution is 5.06. The molecular formula is C9H17NO. The lowest BCUT2D eigenvalue weighted by Crippen LogP contribution is -2.32. The van der Waals surface area contributed by atoms with E-state index in [0.717, 1.165) is 13.0 Å². The summed E-state index contributed by atoms with van der Waals surface area (Å²) in [6.07, 6.45) is 3.06. The lowest BCUT2D eigenvalue weighted by molar-refractivity contribution is 0.252. The third-order valence-electron chi connectivity index (χ3n) is 2.27. The second-order valence-electron chi connectivity index (χ2n) is 3.34. The smallest absolute Gasteiger partial charge is 0.0820 e. The Morgan fingerprint density at radius 2 is 2.36 bits per heavy atom. The monoisotopic (exact) mass is 155 g/mol. The van der Waals surface area contributed by atoms with E-state index in [0.29, 0.717) is 5.92 Å². The first-order valence-electron chi connectivity index (χ1n) is 4.14. The molecular weight excluding hydrogens is 138 g/mol. The Balaban J connectivity index is 2.50. The quantitative estimate of drug-likeness (QED) is 0.532. The molecule has 0 aliphatic carbocycles. The minimum Gasteiger partial charge on any atom is -0.504 e. The summed E-state index contributed by atoms with van der Waals surface area (Å²) < 4.78 is 5.01. The first-order valence-corrected chi connectivity index (χ1v) is 4.14. The molecule has 0 aromatic heterocycles. The molecule has 11 heavy (non-hydrogen) atoms. The molecule has 0 saturated carbocycles. The molecule has 1 rings (SSSR count). The van der Waals surface area contributed by atoms with Gasteiger partial charge in [-0.1, -0.05) is 6.92 Å². The molecule has 1 atom stereocenters. The number of hydrogen-bond donors (Lipinski definition) is 0. The van der Waals surface area contributed by atoms with Crippen molar-refractivity contribution in [1.29, 1.82) is 0 Å². The molecule has 1 saturated heterocycles. The highest BCUT2D eigenvalue weighted by atomic mass is 16.5. The lowest BCUT2D eigenvalue weighted by Gasteiger charge is -2.29. The molecule has 0 spiro atoms. The van der Waals surface area contributed by atoms with Gasteiger partial charge in [-0.2, -0.15) is 0 Å². The topological polar surface area (TPSA) is 12.5 Å². The second kappa shape index (κ2) is 3.77. The Hall–Kier alpha value is -0.500. The first kappa shape index (κ1) is 8.60. The van der Waals surface area contributed by atoms with Crippen LogP contribution in [0.2, 0.25) is 0 Å². The maximum atomic E-state index is 5.01.